The molecule has 5 atom stereocenters. The second-order valence-corrected chi connectivity index (χ2v) is 9.15. The summed E-state index contributed by atoms with van der Waals surface area (Å²) in [5.74, 6) is 0.506. The third-order valence-corrected chi connectivity index (χ3v) is 7.99. The first-order valence-corrected chi connectivity index (χ1v) is 9.66. The number of nitrogens with zero attached hydrogens (tertiary/aromatic N) is 2. The van der Waals surface area contributed by atoms with E-state index in [0.717, 1.165) is 24.9 Å². The number of fused-ring (bicyclic) bond motifs is 1. The third kappa shape index (κ3) is 1.62. The Morgan fingerprint density at radius 1 is 1.19 bits per heavy atom. The number of epoxide rings is 1. The van der Waals surface area contributed by atoms with Gasteiger partial charge in [-0.25, -0.2) is 10.0 Å². The molecule has 1 aromatic carbocycles. The maximum atomic E-state index is 13.8. The highest BCUT2D eigenvalue weighted by molar-refractivity contribution is 6.06. The van der Waals surface area contributed by atoms with E-state index in [1.807, 2.05) is 44.2 Å². The molecule has 0 N–H and O–H groups in total. The van der Waals surface area contributed by atoms with Gasteiger partial charge in [0.05, 0.1) is 23.2 Å². The van der Waals surface area contributed by atoms with E-state index >= 15 is 0 Å². The summed E-state index contributed by atoms with van der Waals surface area (Å²) in [6.45, 7) is 8.20. The molecular weight excluding hydrogens is 328 g/mol. The minimum Gasteiger partial charge on any atom is -0.356 e. The van der Waals surface area contributed by atoms with Crippen LogP contribution in [0, 0.1) is 16.7 Å². The Morgan fingerprint density at radius 3 is 2.42 bits per heavy atom. The van der Waals surface area contributed by atoms with Crippen LogP contribution in [0.5, 0.6) is 0 Å². The summed E-state index contributed by atoms with van der Waals surface area (Å²) < 4.78 is 5.65. The predicted molar refractivity (Wildman–Crippen MR) is 97.1 cm³/mol. The third-order valence-electron chi connectivity index (χ3n) is 7.99. The fourth-order valence-electron chi connectivity index (χ4n) is 6.02. The molecule has 138 valence electrons. The van der Waals surface area contributed by atoms with Crippen molar-refractivity contribution in [2.24, 2.45) is 16.7 Å². The van der Waals surface area contributed by atoms with Gasteiger partial charge in [0.15, 0.2) is 5.60 Å². The van der Waals surface area contributed by atoms with E-state index in [0.29, 0.717) is 5.92 Å². The molecule has 2 amide bonds. The van der Waals surface area contributed by atoms with Gasteiger partial charge in [-0.1, -0.05) is 32.0 Å². The lowest BCUT2D eigenvalue weighted by Gasteiger charge is -2.35. The highest BCUT2D eigenvalue weighted by Gasteiger charge is 2.76. The number of carbonyl (C=O) groups is 2. The topological polar surface area (TPSA) is 53.2 Å². The second kappa shape index (κ2) is 4.69. The van der Waals surface area contributed by atoms with Crippen molar-refractivity contribution in [1.82, 2.24) is 5.01 Å². The molecule has 1 aromatic rings. The van der Waals surface area contributed by atoms with E-state index in [1.165, 1.54) is 0 Å². The number of para-hydroxylation sites is 1. The lowest BCUT2D eigenvalue weighted by molar-refractivity contribution is -0.139. The first kappa shape index (κ1) is 16.3. The Hall–Kier alpha value is -1.88. The molecule has 2 heterocycles. The Labute approximate surface area is 154 Å². The zero-order chi connectivity index (χ0) is 18.5. The van der Waals surface area contributed by atoms with E-state index in [2.05, 4.69) is 13.8 Å². The van der Waals surface area contributed by atoms with Gasteiger partial charge in [0.1, 0.15) is 0 Å². The summed E-state index contributed by atoms with van der Waals surface area (Å²) in [6, 6.07) is 9.52. The van der Waals surface area contributed by atoms with Crippen LogP contribution < -0.4 is 5.01 Å². The quantitative estimate of drug-likeness (QED) is 0.767. The minimum absolute atomic E-state index is 0.0651. The number of hydrogen-bond acceptors (Lipinski definition) is 3. The Bertz CT molecular complexity index is 807. The first-order valence-electron chi connectivity index (χ1n) is 9.66. The van der Waals surface area contributed by atoms with Crippen LogP contribution in [-0.4, -0.2) is 34.6 Å². The number of rotatable bonds is 2. The zero-order valence-corrected chi connectivity index (χ0v) is 15.9. The Balaban J connectivity index is 1.66. The van der Waals surface area contributed by atoms with Crippen molar-refractivity contribution >= 4 is 17.5 Å². The summed E-state index contributed by atoms with van der Waals surface area (Å²) >= 11 is 0. The Kier molecular flexibility index (Phi) is 2.94. The standard InChI is InChI=1S/C21H26N2O3/c1-13-20(4,26-13)17(24)23-16-12-14-10-11-21(16,19(14,2)3)18(25)22(23)15-8-6-5-7-9-15/h5-9,13-14,16H,10-12H2,1-4H3/t13-,14-,16-,20+,21+/m1/s1. The number of amides is 2. The van der Waals surface area contributed by atoms with Gasteiger partial charge in [-0.15, -0.1) is 0 Å². The molecule has 5 rings (SSSR count). The monoisotopic (exact) mass is 354 g/mol. The number of benzene rings is 1. The van der Waals surface area contributed by atoms with Crippen molar-refractivity contribution in [2.45, 2.75) is 64.7 Å². The number of carbonyl (C=O) groups excluding carboxylic acids is 2. The molecule has 4 fully saturated rings. The first-order chi connectivity index (χ1) is 12.2. The van der Waals surface area contributed by atoms with Gasteiger partial charge in [0.2, 0.25) is 0 Å². The summed E-state index contributed by atoms with van der Waals surface area (Å²) in [5, 5.41) is 3.43. The fourth-order valence-corrected chi connectivity index (χ4v) is 6.02. The minimum atomic E-state index is -0.815. The highest BCUT2D eigenvalue weighted by atomic mass is 16.6. The lowest BCUT2D eigenvalue weighted by atomic mass is 9.67. The average molecular weight is 354 g/mol. The number of hydrogen-bond donors (Lipinski definition) is 0. The number of hydrazine groups is 1. The number of ether oxygens (including phenoxy) is 1. The van der Waals surface area contributed by atoms with Crippen molar-refractivity contribution in [1.29, 1.82) is 0 Å². The molecule has 2 aliphatic carbocycles. The summed E-state index contributed by atoms with van der Waals surface area (Å²) in [5.41, 5.74) is -0.610. The fraction of sp³-hybridized carbons (Fsp3) is 0.619. The SMILES string of the molecule is C[C@H]1O[C@]1(C)C(=O)N1[C@@H]2C[C@H]3CC[C@]2(C(=O)N1c1ccccc1)C3(C)C. The van der Waals surface area contributed by atoms with Gasteiger partial charge in [0.25, 0.3) is 11.8 Å². The van der Waals surface area contributed by atoms with Gasteiger partial charge in [-0.2, -0.15) is 0 Å². The van der Waals surface area contributed by atoms with Crippen molar-refractivity contribution in [3.8, 4) is 0 Å². The van der Waals surface area contributed by atoms with Gasteiger partial charge in [0, 0.05) is 0 Å². The molecule has 0 aromatic heterocycles. The van der Waals surface area contributed by atoms with Crippen LogP contribution in [0.25, 0.3) is 0 Å². The summed E-state index contributed by atoms with van der Waals surface area (Å²) in [7, 11) is 0. The smallest absolute Gasteiger partial charge is 0.276 e. The van der Waals surface area contributed by atoms with E-state index < -0.39 is 11.0 Å². The average Bonchev–Trinajstić information content (AvgIpc) is 2.93. The molecule has 2 saturated carbocycles. The molecule has 1 spiro atoms. The Morgan fingerprint density at radius 2 is 1.85 bits per heavy atom. The van der Waals surface area contributed by atoms with Crippen LogP contribution in [-0.2, 0) is 14.3 Å². The van der Waals surface area contributed by atoms with Crippen LogP contribution >= 0.6 is 0 Å². The van der Waals surface area contributed by atoms with Crippen LogP contribution in [0.2, 0.25) is 0 Å². The van der Waals surface area contributed by atoms with Gasteiger partial charge < -0.3 is 4.74 Å². The van der Waals surface area contributed by atoms with Crippen LogP contribution in [0.15, 0.2) is 30.3 Å². The van der Waals surface area contributed by atoms with Gasteiger partial charge in [-0.05, 0) is 56.6 Å². The molecule has 2 aliphatic heterocycles. The molecule has 4 aliphatic rings. The normalized spacial score (nSPS) is 42.3. The molecule has 26 heavy (non-hydrogen) atoms. The zero-order valence-electron chi connectivity index (χ0n) is 15.9. The molecule has 5 nitrogen and oxygen atoms in total. The van der Waals surface area contributed by atoms with Gasteiger partial charge >= 0.3 is 0 Å². The maximum Gasteiger partial charge on any atom is 0.276 e. The molecule has 2 saturated heterocycles. The van der Waals surface area contributed by atoms with Gasteiger partial charge in [-0.3, -0.25) is 9.59 Å². The van der Waals surface area contributed by atoms with E-state index in [-0.39, 0.29) is 29.4 Å². The molecule has 0 unspecified atom stereocenters. The van der Waals surface area contributed by atoms with Crippen molar-refractivity contribution < 1.29 is 14.3 Å². The van der Waals surface area contributed by atoms with Crippen molar-refractivity contribution in [3.63, 3.8) is 0 Å². The van der Waals surface area contributed by atoms with E-state index in [9.17, 15) is 9.59 Å². The summed E-state index contributed by atoms with van der Waals surface area (Å²) in [6.07, 6.45) is 2.74. The summed E-state index contributed by atoms with van der Waals surface area (Å²) in [4.78, 5) is 27.3. The van der Waals surface area contributed by atoms with Crippen molar-refractivity contribution in [3.05, 3.63) is 30.3 Å². The highest BCUT2D eigenvalue weighted by Crippen LogP contribution is 2.70. The van der Waals surface area contributed by atoms with Crippen molar-refractivity contribution in [2.75, 3.05) is 5.01 Å². The molecular formula is C21H26N2O3. The van der Waals surface area contributed by atoms with Crippen LogP contribution in [0.4, 0.5) is 5.69 Å². The lowest BCUT2D eigenvalue weighted by Crippen LogP contribution is -2.52. The largest absolute Gasteiger partial charge is 0.356 e. The second-order valence-electron chi connectivity index (χ2n) is 9.15. The molecule has 2 bridgehead atoms. The number of anilines is 1. The predicted octanol–water partition coefficient (Wildman–Crippen LogP) is 3.15. The van der Waals surface area contributed by atoms with E-state index in [4.69, 9.17) is 4.74 Å². The molecule has 5 heteroatoms. The van der Waals surface area contributed by atoms with Crippen LogP contribution in [0.3, 0.4) is 0 Å². The van der Waals surface area contributed by atoms with E-state index in [1.54, 1.807) is 10.0 Å². The van der Waals surface area contributed by atoms with Crippen LogP contribution in [0.1, 0.15) is 47.0 Å². The maximum absolute atomic E-state index is 13.8. The molecule has 0 radical (unpaired) electrons.